The normalized spacial score (nSPS) is 19.5. The molecule has 3 fully saturated rings. The highest BCUT2D eigenvalue weighted by Crippen LogP contribution is 2.45. The number of β-amino-alcohol motifs (C(OH)–C–C–N with tert-alkyl or cyclic N) is 1. The molecule has 3 aliphatic rings. The monoisotopic (exact) mass is 807 g/mol. The number of phenols is 1. The van der Waals surface area contributed by atoms with Gasteiger partial charge in [0.05, 0.1) is 45.4 Å². The number of nitrogens with zero attached hydrogens (tertiary/aromatic N) is 6. The lowest BCUT2D eigenvalue weighted by Crippen LogP contribution is -2.72. The summed E-state index contributed by atoms with van der Waals surface area (Å²) in [5.74, 6) is -0.685. The van der Waals surface area contributed by atoms with E-state index >= 15 is 0 Å². The zero-order valence-corrected chi connectivity index (χ0v) is 34.6. The molecule has 59 heavy (non-hydrogen) atoms. The molecule has 11 nitrogen and oxygen atoms in total. The third kappa shape index (κ3) is 7.40. The Hall–Kier alpha value is -5.85. The average molecular weight is 808 g/mol. The summed E-state index contributed by atoms with van der Waals surface area (Å²) in [4.78, 5) is 40.1. The van der Waals surface area contributed by atoms with Crippen LogP contribution in [0.3, 0.4) is 0 Å². The molecule has 302 valence electrons. The van der Waals surface area contributed by atoms with E-state index < -0.39 is 18.1 Å². The molecule has 0 saturated carbocycles. The van der Waals surface area contributed by atoms with Gasteiger partial charge >= 0.3 is 0 Å². The van der Waals surface area contributed by atoms with Gasteiger partial charge in [0.1, 0.15) is 11.8 Å². The minimum absolute atomic E-state index is 0.0227. The number of anilines is 2. The summed E-state index contributed by atoms with van der Waals surface area (Å²) < 4.78 is 0. The lowest BCUT2D eigenvalue weighted by atomic mass is 9.72. The maximum Gasteiger partial charge on any atom is 0.243 e. The summed E-state index contributed by atoms with van der Waals surface area (Å²) in [6.45, 7) is 11.9. The van der Waals surface area contributed by atoms with E-state index in [1.807, 2.05) is 87.8 Å². The van der Waals surface area contributed by atoms with Crippen molar-refractivity contribution in [2.75, 3.05) is 42.5 Å². The van der Waals surface area contributed by atoms with Crippen LogP contribution in [0.2, 0.25) is 0 Å². The molecular weight excluding hydrogens is 759 g/mol. The predicted molar refractivity (Wildman–Crippen MR) is 232 cm³/mol. The lowest BCUT2D eigenvalue weighted by Gasteiger charge is -2.61. The Balaban J connectivity index is 0.831. The molecule has 9 rings (SSSR count). The maximum atomic E-state index is 14.4. The van der Waals surface area contributed by atoms with Crippen LogP contribution in [0.25, 0.3) is 32.6 Å². The van der Waals surface area contributed by atoms with Gasteiger partial charge in [0.15, 0.2) is 0 Å². The highest BCUT2D eigenvalue weighted by atomic mass is 32.1. The molecule has 4 aromatic carbocycles. The van der Waals surface area contributed by atoms with Crippen molar-refractivity contribution in [3.05, 3.63) is 119 Å². The molecular formula is C47H49N7O4S. The van der Waals surface area contributed by atoms with Crippen LogP contribution in [-0.2, 0) is 9.59 Å². The minimum atomic E-state index is -0.768. The number of aromatic nitrogens is 3. The third-order valence-corrected chi connectivity index (χ3v) is 13.4. The second kappa shape index (κ2) is 15.4. The topological polar surface area (TPSA) is 135 Å². The zero-order valence-electron chi connectivity index (χ0n) is 33.7. The number of aromatic hydroxyl groups is 1. The number of aliphatic hydroxyl groups is 1. The molecule has 3 aliphatic heterocycles. The minimum Gasteiger partial charge on any atom is -0.507 e. The number of carbonyl (C=O) groups is 2. The number of para-hydroxylation sites is 1. The second-order valence-corrected chi connectivity index (χ2v) is 17.9. The Kier molecular flexibility index (Phi) is 10.1. The van der Waals surface area contributed by atoms with Gasteiger partial charge in [-0.2, -0.15) is 0 Å². The van der Waals surface area contributed by atoms with E-state index in [9.17, 15) is 19.8 Å². The van der Waals surface area contributed by atoms with Gasteiger partial charge in [-0.25, -0.2) is 4.98 Å². The Morgan fingerprint density at radius 1 is 0.847 bits per heavy atom. The number of thiazole rings is 1. The smallest absolute Gasteiger partial charge is 0.243 e. The average Bonchev–Trinajstić information content (AvgIpc) is 3.82. The maximum absolute atomic E-state index is 14.4. The van der Waals surface area contributed by atoms with Gasteiger partial charge in [0.25, 0.3) is 0 Å². The summed E-state index contributed by atoms with van der Waals surface area (Å²) in [7, 11) is 0. The van der Waals surface area contributed by atoms with Gasteiger partial charge in [0.2, 0.25) is 11.8 Å². The summed E-state index contributed by atoms with van der Waals surface area (Å²) >= 11 is 1.61. The zero-order chi connectivity index (χ0) is 41.0. The van der Waals surface area contributed by atoms with Gasteiger partial charge in [-0.1, -0.05) is 68.4 Å². The second-order valence-electron chi connectivity index (χ2n) is 17.0. The van der Waals surface area contributed by atoms with E-state index in [2.05, 4.69) is 60.6 Å². The fourth-order valence-electron chi connectivity index (χ4n) is 9.24. The van der Waals surface area contributed by atoms with Crippen molar-refractivity contribution >= 4 is 45.4 Å². The number of aliphatic hydroxyl groups excluding tert-OH is 1. The number of nitrogens with one attached hydrogen (secondary N) is 1. The number of aryl methyl sites for hydroxylation is 1. The van der Waals surface area contributed by atoms with Gasteiger partial charge in [-0.05, 0) is 78.9 Å². The fourth-order valence-corrected chi connectivity index (χ4v) is 10.1. The van der Waals surface area contributed by atoms with Gasteiger partial charge in [-0.3, -0.25) is 9.59 Å². The standard InChI is InChI=1S/C47H49N7O4S/c1-28(2)43(46(58)54-22-37(55)21-41(54)45(57)49-29(3)31-12-14-32(15-13-31)44-30(4)48-27-59-44)34-8-7-9-35(18-34)52-23-47(24-52)25-53(26-47)36-17-16-33-19-40(51-50-39(33)20-36)38-10-5-6-11-42(38)56/h5-20,27-29,37,41,43,55-56H,21-26H2,1-4H3,(H,49,57)/t29-,37+,41-,43+/m0/s1. The molecule has 0 aliphatic carbocycles. The first-order valence-corrected chi connectivity index (χ1v) is 21.3. The molecule has 0 unspecified atom stereocenters. The fraction of sp³-hybridized carbons (Fsp3) is 0.340. The largest absolute Gasteiger partial charge is 0.507 e. The van der Waals surface area contributed by atoms with Crippen LogP contribution < -0.4 is 15.1 Å². The molecule has 6 aromatic rings. The summed E-state index contributed by atoms with van der Waals surface area (Å²) in [6.07, 6.45) is -0.561. The first-order chi connectivity index (χ1) is 28.4. The highest BCUT2D eigenvalue weighted by Gasteiger charge is 2.52. The number of fused-ring (bicyclic) bond motifs is 1. The third-order valence-electron chi connectivity index (χ3n) is 12.4. The molecule has 5 heterocycles. The molecule has 12 heteroatoms. The molecule has 3 saturated heterocycles. The van der Waals surface area contributed by atoms with Crippen molar-refractivity contribution < 1.29 is 19.8 Å². The Labute approximate surface area is 348 Å². The van der Waals surface area contributed by atoms with E-state index in [4.69, 9.17) is 0 Å². The van der Waals surface area contributed by atoms with Crippen LogP contribution in [0.15, 0.2) is 103 Å². The van der Waals surface area contributed by atoms with Crippen molar-refractivity contribution in [3.8, 4) is 27.4 Å². The quantitative estimate of drug-likeness (QED) is 0.130. The number of hydrogen-bond donors (Lipinski definition) is 3. The first-order valence-electron chi connectivity index (χ1n) is 20.4. The van der Waals surface area contributed by atoms with Crippen LogP contribution >= 0.6 is 11.3 Å². The van der Waals surface area contributed by atoms with Crippen LogP contribution in [-0.4, -0.2) is 87.0 Å². The van der Waals surface area contributed by atoms with Crippen molar-refractivity contribution in [2.24, 2.45) is 11.3 Å². The van der Waals surface area contributed by atoms with Crippen molar-refractivity contribution in [1.82, 2.24) is 25.4 Å². The SMILES string of the molecule is Cc1ncsc1-c1ccc([C@H](C)NC(=O)[C@@H]2C[C@@H](O)CN2C(=O)[C@@H](c2cccc(N3CC4(C3)CN(c3ccc5cc(-c6ccccc6O)nnc5c3)C4)c2)C(C)C)cc1. The summed E-state index contributed by atoms with van der Waals surface area (Å²) in [6, 6.07) is 30.8. The number of phenolic OH excluding ortho intramolecular Hbond substituents is 1. The van der Waals surface area contributed by atoms with Crippen LogP contribution in [0, 0.1) is 18.3 Å². The van der Waals surface area contributed by atoms with Crippen LogP contribution in [0.4, 0.5) is 11.4 Å². The summed E-state index contributed by atoms with van der Waals surface area (Å²) in [5, 5.41) is 34.1. The van der Waals surface area contributed by atoms with E-state index in [-0.39, 0.29) is 47.9 Å². The van der Waals surface area contributed by atoms with Crippen molar-refractivity contribution in [1.29, 1.82) is 0 Å². The van der Waals surface area contributed by atoms with Crippen molar-refractivity contribution in [2.45, 2.75) is 58.2 Å². The van der Waals surface area contributed by atoms with E-state index in [1.165, 1.54) is 0 Å². The lowest BCUT2D eigenvalue weighted by molar-refractivity contribution is -0.140. The highest BCUT2D eigenvalue weighted by molar-refractivity contribution is 7.13. The van der Waals surface area contributed by atoms with Crippen molar-refractivity contribution in [3.63, 3.8) is 0 Å². The number of benzene rings is 4. The molecule has 2 aromatic heterocycles. The Morgan fingerprint density at radius 2 is 1.58 bits per heavy atom. The van der Waals surface area contributed by atoms with Gasteiger partial charge < -0.3 is 30.2 Å². The van der Waals surface area contributed by atoms with Crippen LogP contribution in [0.1, 0.15) is 56.0 Å². The first kappa shape index (κ1) is 38.7. The molecule has 2 amide bonds. The number of amides is 2. The number of likely N-dealkylation sites (tertiary alicyclic amines) is 1. The van der Waals surface area contributed by atoms with E-state index in [0.717, 1.165) is 75.7 Å². The summed E-state index contributed by atoms with van der Waals surface area (Å²) in [5.41, 5.74) is 10.3. The predicted octanol–water partition coefficient (Wildman–Crippen LogP) is 7.34. The number of carbonyl (C=O) groups excluding carboxylic acids is 2. The van der Waals surface area contributed by atoms with Crippen LogP contribution in [0.5, 0.6) is 5.75 Å². The molecule has 0 radical (unpaired) electrons. The molecule has 0 bridgehead atoms. The Morgan fingerprint density at radius 3 is 2.27 bits per heavy atom. The molecule has 3 N–H and O–H groups in total. The van der Waals surface area contributed by atoms with Gasteiger partial charge in [0, 0.05) is 66.9 Å². The van der Waals surface area contributed by atoms with Gasteiger partial charge in [-0.15, -0.1) is 21.5 Å². The number of rotatable bonds is 10. The number of hydrogen-bond acceptors (Lipinski definition) is 10. The molecule has 1 spiro atoms. The van der Waals surface area contributed by atoms with E-state index in [0.29, 0.717) is 11.3 Å². The van der Waals surface area contributed by atoms with E-state index in [1.54, 1.807) is 28.4 Å². The molecule has 4 atom stereocenters. The Bertz CT molecular complexity index is 2530.